The molecule has 0 saturated carbocycles. The third kappa shape index (κ3) is 4.00. The minimum atomic E-state index is -0.273. The van der Waals surface area contributed by atoms with Gasteiger partial charge in [0.05, 0.1) is 24.2 Å². The van der Waals surface area contributed by atoms with Crippen LogP contribution in [0.3, 0.4) is 0 Å². The van der Waals surface area contributed by atoms with Crippen LogP contribution in [0.25, 0.3) is 16.7 Å². The molecule has 0 unspecified atom stereocenters. The molecular formula is C19H17N5O2S2. The van der Waals surface area contributed by atoms with Gasteiger partial charge in [0.1, 0.15) is 5.39 Å². The third-order valence-corrected chi connectivity index (χ3v) is 5.82. The Hall–Kier alpha value is -2.91. The molecule has 0 atom stereocenters. The molecule has 3 heterocycles. The molecule has 0 radical (unpaired) electrons. The van der Waals surface area contributed by atoms with Crippen molar-refractivity contribution in [3.05, 3.63) is 68.8 Å². The summed E-state index contributed by atoms with van der Waals surface area (Å²) in [6.07, 6.45) is 1.50. The number of thioether (sulfide) groups is 1. The van der Waals surface area contributed by atoms with Gasteiger partial charge in [-0.1, -0.05) is 35.5 Å². The van der Waals surface area contributed by atoms with Crippen LogP contribution >= 0.6 is 23.1 Å². The monoisotopic (exact) mass is 411 g/mol. The normalized spacial score (nSPS) is 11.0. The maximum atomic E-state index is 12.4. The van der Waals surface area contributed by atoms with E-state index in [0.29, 0.717) is 22.7 Å². The van der Waals surface area contributed by atoms with Crippen LogP contribution < -0.4 is 10.9 Å². The zero-order chi connectivity index (χ0) is 19.5. The second kappa shape index (κ2) is 7.99. The van der Waals surface area contributed by atoms with Crippen LogP contribution in [0, 0.1) is 6.92 Å². The number of aromatic amines is 1. The first-order valence-corrected chi connectivity index (χ1v) is 10.4. The summed E-state index contributed by atoms with van der Waals surface area (Å²) in [6, 6.07) is 11.7. The Morgan fingerprint density at radius 3 is 2.86 bits per heavy atom. The van der Waals surface area contributed by atoms with Gasteiger partial charge >= 0.3 is 0 Å². The molecule has 0 spiro atoms. The van der Waals surface area contributed by atoms with Gasteiger partial charge in [-0.05, 0) is 30.5 Å². The summed E-state index contributed by atoms with van der Waals surface area (Å²) >= 11 is 2.78. The average molecular weight is 412 g/mol. The molecule has 4 aromatic rings. The quantitative estimate of drug-likeness (QED) is 0.376. The summed E-state index contributed by atoms with van der Waals surface area (Å²) in [4.78, 5) is 32.7. The predicted octanol–water partition coefficient (Wildman–Crippen LogP) is 2.89. The van der Waals surface area contributed by atoms with E-state index in [2.05, 4.69) is 20.4 Å². The number of nitrogens with zero attached hydrogens (tertiary/aromatic N) is 3. The summed E-state index contributed by atoms with van der Waals surface area (Å²) in [7, 11) is 0. The number of thiophene rings is 1. The zero-order valence-corrected chi connectivity index (χ0v) is 16.6. The van der Waals surface area contributed by atoms with E-state index in [-0.39, 0.29) is 17.2 Å². The number of aromatic nitrogens is 4. The highest BCUT2D eigenvalue weighted by molar-refractivity contribution is 7.99. The van der Waals surface area contributed by atoms with Crippen molar-refractivity contribution < 1.29 is 4.79 Å². The Morgan fingerprint density at radius 2 is 2.11 bits per heavy atom. The lowest BCUT2D eigenvalue weighted by molar-refractivity contribution is -0.118. The maximum Gasteiger partial charge on any atom is 0.262 e. The van der Waals surface area contributed by atoms with E-state index in [1.165, 1.54) is 18.0 Å². The molecule has 0 fully saturated rings. The predicted molar refractivity (Wildman–Crippen MR) is 111 cm³/mol. The number of carbonyl (C=O) groups excluding carboxylic acids is 1. The molecule has 3 aromatic heterocycles. The molecule has 4 rings (SSSR count). The van der Waals surface area contributed by atoms with Crippen molar-refractivity contribution in [3.8, 4) is 5.69 Å². The number of fused-ring (bicyclic) bond motifs is 1. The third-order valence-electron chi connectivity index (χ3n) is 4.07. The Bertz CT molecular complexity index is 1160. The van der Waals surface area contributed by atoms with Crippen LogP contribution in [0.1, 0.15) is 10.4 Å². The summed E-state index contributed by atoms with van der Waals surface area (Å²) in [5.41, 5.74) is 2.15. The molecule has 0 bridgehead atoms. The average Bonchev–Trinajstić information content (AvgIpc) is 3.35. The van der Waals surface area contributed by atoms with Crippen LogP contribution in [-0.2, 0) is 11.3 Å². The number of carbonyl (C=O) groups is 1. The van der Waals surface area contributed by atoms with Crippen LogP contribution in [0.4, 0.5) is 0 Å². The fraction of sp³-hybridized carbons (Fsp3) is 0.158. The number of aryl methyl sites for hydroxylation is 1. The van der Waals surface area contributed by atoms with E-state index in [4.69, 9.17) is 0 Å². The van der Waals surface area contributed by atoms with Gasteiger partial charge in [-0.2, -0.15) is 5.10 Å². The first-order chi connectivity index (χ1) is 13.6. The van der Waals surface area contributed by atoms with Gasteiger partial charge < -0.3 is 10.3 Å². The summed E-state index contributed by atoms with van der Waals surface area (Å²) in [6.45, 7) is 2.51. The first-order valence-electron chi connectivity index (χ1n) is 8.57. The van der Waals surface area contributed by atoms with E-state index in [1.54, 1.807) is 16.0 Å². The Morgan fingerprint density at radius 1 is 1.29 bits per heavy atom. The van der Waals surface area contributed by atoms with Gasteiger partial charge in [-0.25, -0.2) is 9.67 Å². The van der Waals surface area contributed by atoms with E-state index < -0.39 is 0 Å². The second-order valence-corrected chi connectivity index (χ2v) is 8.14. The molecule has 9 heteroatoms. The van der Waals surface area contributed by atoms with Gasteiger partial charge in [0.15, 0.2) is 10.8 Å². The molecule has 2 N–H and O–H groups in total. The Balaban J connectivity index is 1.51. The highest BCUT2D eigenvalue weighted by Gasteiger charge is 2.13. The van der Waals surface area contributed by atoms with E-state index in [1.807, 2.05) is 48.7 Å². The van der Waals surface area contributed by atoms with Crippen molar-refractivity contribution in [2.75, 3.05) is 5.75 Å². The summed E-state index contributed by atoms with van der Waals surface area (Å²) < 4.78 is 1.63. The fourth-order valence-corrected chi connectivity index (χ4v) is 3.96. The van der Waals surface area contributed by atoms with E-state index in [9.17, 15) is 9.59 Å². The molecule has 0 aliphatic heterocycles. The minimum absolute atomic E-state index is 0.117. The summed E-state index contributed by atoms with van der Waals surface area (Å²) in [5, 5.41) is 9.92. The van der Waals surface area contributed by atoms with Crippen LogP contribution in [0.2, 0.25) is 0 Å². The SMILES string of the molecule is Cc1ccc(-n2ncc3c(=O)[nH]c(SCC(=O)NCc4cccs4)nc32)cc1. The lowest BCUT2D eigenvalue weighted by Crippen LogP contribution is -2.24. The molecule has 142 valence electrons. The van der Waals surface area contributed by atoms with Crippen molar-refractivity contribution in [3.63, 3.8) is 0 Å². The lowest BCUT2D eigenvalue weighted by Gasteiger charge is -2.05. The number of amides is 1. The number of nitrogens with one attached hydrogen (secondary N) is 2. The first kappa shape index (κ1) is 18.5. The largest absolute Gasteiger partial charge is 0.350 e. The van der Waals surface area contributed by atoms with Crippen molar-refractivity contribution in [2.24, 2.45) is 0 Å². The van der Waals surface area contributed by atoms with Crippen molar-refractivity contribution in [1.29, 1.82) is 0 Å². The summed E-state index contributed by atoms with van der Waals surface area (Å²) in [5.74, 6) is 0.0478. The molecule has 1 aromatic carbocycles. The van der Waals surface area contributed by atoms with E-state index >= 15 is 0 Å². The second-order valence-electron chi connectivity index (χ2n) is 6.15. The lowest BCUT2D eigenvalue weighted by atomic mass is 10.2. The Kier molecular flexibility index (Phi) is 5.27. The van der Waals surface area contributed by atoms with Gasteiger partial charge in [-0.15, -0.1) is 11.3 Å². The zero-order valence-electron chi connectivity index (χ0n) is 15.0. The van der Waals surface area contributed by atoms with Crippen LogP contribution in [0.5, 0.6) is 0 Å². The number of benzene rings is 1. The molecule has 0 aliphatic carbocycles. The fourth-order valence-electron chi connectivity index (χ4n) is 2.63. The number of H-pyrrole nitrogens is 1. The molecule has 7 nitrogen and oxygen atoms in total. The van der Waals surface area contributed by atoms with E-state index in [0.717, 1.165) is 16.1 Å². The molecule has 28 heavy (non-hydrogen) atoms. The maximum absolute atomic E-state index is 12.4. The van der Waals surface area contributed by atoms with Gasteiger partial charge in [0.2, 0.25) is 5.91 Å². The highest BCUT2D eigenvalue weighted by Crippen LogP contribution is 2.18. The molecule has 0 aliphatic rings. The topological polar surface area (TPSA) is 92.7 Å². The van der Waals surface area contributed by atoms with Gasteiger partial charge in [0, 0.05) is 4.88 Å². The van der Waals surface area contributed by atoms with Crippen LogP contribution in [0.15, 0.2) is 57.9 Å². The minimum Gasteiger partial charge on any atom is -0.350 e. The standard InChI is InChI=1S/C19H17N5O2S2/c1-12-4-6-13(7-5-12)24-17-15(10-21-24)18(26)23-19(22-17)28-11-16(25)20-9-14-3-2-8-27-14/h2-8,10H,9,11H2,1H3,(H,20,25)(H,22,23,26). The van der Waals surface area contributed by atoms with Crippen molar-refractivity contribution in [1.82, 2.24) is 25.1 Å². The van der Waals surface area contributed by atoms with Gasteiger partial charge in [-0.3, -0.25) is 9.59 Å². The molecule has 0 saturated heterocycles. The number of hydrogen-bond acceptors (Lipinski definition) is 6. The smallest absolute Gasteiger partial charge is 0.262 e. The number of rotatable bonds is 6. The molecule has 1 amide bonds. The highest BCUT2D eigenvalue weighted by atomic mass is 32.2. The van der Waals surface area contributed by atoms with Crippen molar-refractivity contribution >= 4 is 40.0 Å². The Labute approximate surface area is 168 Å². The number of hydrogen-bond donors (Lipinski definition) is 2. The van der Waals surface area contributed by atoms with Crippen LogP contribution in [-0.4, -0.2) is 31.4 Å². The van der Waals surface area contributed by atoms with Crippen molar-refractivity contribution in [2.45, 2.75) is 18.6 Å². The molecular weight excluding hydrogens is 394 g/mol. The van der Waals surface area contributed by atoms with Gasteiger partial charge in [0.25, 0.3) is 5.56 Å².